The number of aromatic nitrogens is 1. The van der Waals surface area contributed by atoms with E-state index in [4.69, 9.17) is 4.42 Å². The molecule has 0 aliphatic heterocycles. The van der Waals surface area contributed by atoms with Gasteiger partial charge < -0.3 is 14.8 Å². The average Bonchev–Trinajstić information content (AvgIpc) is 3.55. The number of nitrogens with zero attached hydrogens (tertiary/aromatic N) is 1. The lowest BCUT2D eigenvalue weighted by molar-refractivity contribution is -0.136. The van der Waals surface area contributed by atoms with E-state index < -0.39 is 5.97 Å². The van der Waals surface area contributed by atoms with Crippen molar-refractivity contribution in [2.75, 3.05) is 6.54 Å². The van der Waals surface area contributed by atoms with E-state index in [1.54, 1.807) is 12.5 Å². The van der Waals surface area contributed by atoms with Crippen LogP contribution >= 0.6 is 0 Å². The number of carboxylic acids is 1. The molecule has 0 spiro atoms. The molecule has 2 fully saturated rings. The number of hydrogen-bond acceptors (Lipinski definition) is 4. The SMILES string of the molecule is Cc1c(CCC(=O)O)ccc(C(=O)NCCCCC2CCCCC2)c1C1CCCC1c1ncco1. The third kappa shape index (κ3) is 6.53. The van der Waals surface area contributed by atoms with Crippen LogP contribution in [0.1, 0.15) is 122 Å². The van der Waals surface area contributed by atoms with Crippen LogP contribution in [0.15, 0.2) is 29.0 Å². The van der Waals surface area contributed by atoms with Crippen molar-refractivity contribution in [3.63, 3.8) is 0 Å². The maximum absolute atomic E-state index is 13.4. The fourth-order valence-corrected chi connectivity index (χ4v) is 6.31. The number of oxazole rings is 1. The van der Waals surface area contributed by atoms with E-state index in [1.807, 2.05) is 19.1 Å². The standard InChI is InChI=1S/C29H40N2O4/c1-20-22(14-16-26(32)33)13-15-25(27(20)23-11-7-12-24(23)29-31-18-19-35-29)28(34)30-17-6-5-10-21-8-3-2-4-9-21/h13,15,18-19,21,23-24H,2-12,14,16-17H2,1H3,(H,30,34)(H,32,33). The third-order valence-electron chi connectivity index (χ3n) is 8.18. The van der Waals surface area contributed by atoms with Crippen LogP contribution in [0.25, 0.3) is 0 Å². The van der Waals surface area contributed by atoms with Gasteiger partial charge in [-0.1, -0.05) is 57.4 Å². The Labute approximate surface area is 208 Å². The Morgan fingerprint density at radius 2 is 1.86 bits per heavy atom. The number of aliphatic carboxylic acids is 1. The van der Waals surface area contributed by atoms with Crippen molar-refractivity contribution >= 4 is 11.9 Å². The molecule has 2 saturated carbocycles. The first kappa shape index (κ1) is 25.5. The first-order chi connectivity index (χ1) is 17.0. The Morgan fingerprint density at radius 1 is 1.06 bits per heavy atom. The number of aryl methyl sites for hydroxylation is 1. The number of carbonyl (C=O) groups excluding carboxylic acids is 1. The van der Waals surface area contributed by atoms with Gasteiger partial charge in [0.2, 0.25) is 0 Å². The monoisotopic (exact) mass is 480 g/mol. The van der Waals surface area contributed by atoms with Gasteiger partial charge in [0, 0.05) is 24.4 Å². The summed E-state index contributed by atoms with van der Waals surface area (Å²) in [5.74, 6) is 1.06. The van der Waals surface area contributed by atoms with E-state index in [-0.39, 0.29) is 24.2 Å². The Balaban J connectivity index is 1.47. The fourth-order valence-electron chi connectivity index (χ4n) is 6.31. The highest BCUT2D eigenvalue weighted by Gasteiger charge is 2.36. The van der Waals surface area contributed by atoms with Gasteiger partial charge in [-0.2, -0.15) is 0 Å². The van der Waals surface area contributed by atoms with Crippen LogP contribution in [-0.2, 0) is 11.2 Å². The van der Waals surface area contributed by atoms with E-state index in [0.717, 1.165) is 59.7 Å². The van der Waals surface area contributed by atoms with E-state index >= 15 is 0 Å². The Kier molecular flexibility index (Phi) is 9.00. The minimum atomic E-state index is -0.806. The molecule has 2 N–H and O–H groups in total. The zero-order valence-corrected chi connectivity index (χ0v) is 21.1. The molecule has 1 amide bonds. The summed E-state index contributed by atoms with van der Waals surface area (Å²) < 4.78 is 5.67. The number of amides is 1. The molecule has 2 aromatic rings. The van der Waals surface area contributed by atoms with Gasteiger partial charge >= 0.3 is 5.97 Å². The molecule has 1 aromatic carbocycles. The topological polar surface area (TPSA) is 92.4 Å². The van der Waals surface area contributed by atoms with Crippen molar-refractivity contribution in [1.29, 1.82) is 0 Å². The second-order valence-electron chi connectivity index (χ2n) is 10.5. The Bertz CT molecular complexity index is 979. The van der Waals surface area contributed by atoms with E-state index in [2.05, 4.69) is 10.3 Å². The van der Waals surface area contributed by atoms with Gasteiger partial charge in [-0.3, -0.25) is 9.59 Å². The van der Waals surface area contributed by atoms with Gasteiger partial charge in [-0.25, -0.2) is 4.98 Å². The van der Waals surface area contributed by atoms with Crippen LogP contribution in [-0.4, -0.2) is 28.5 Å². The first-order valence-corrected chi connectivity index (χ1v) is 13.6. The van der Waals surface area contributed by atoms with Gasteiger partial charge in [0.25, 0.3) is 5.91 Å². The number of carbonyl (C=O) groups is 2. The van der Waals surface area contributed by atoms with Gasteiger partial charge in [0.05, 0.1) is 6.20 Å². The van der Waals surface area contributed by atoms with Crippen molar-refractivity contribution in [1.82, 2.24) is 10.3 Å². The van der Waals surface area contributed by atoms with Crippen LogP contribution in [0.3, 0.4) is 0 Å². The molecular weight excluding hydrogens is 440 g/mol. The Morgan fingerprint density at radius 3 is 2.60 bits per heavy atom. The number of hydrogen-bond donors (Lipinski definition) is 2. The highest BCUT2D eigenvalue weighted by atomic mass is 16.4. The second kappa shape index (κ2) is 12.4. The third-order valence-corrected chi connectivity index (χ3v) is 8.18. The molecule has 190 valence electrons. The summed E-state index contributed by atoms with van der Waals surface area (Å²) in [4.78, 5) is 29.0. The molecule has 1 heterocycles. The quantitative estimate of drug-likeness (QED) is 0.357. The van der Waals surface area contributed by atoms with Crippen LogP contribution in [0.4, 0.5) is 0 Å². The number of nitrogens with one attached hydrogen (secondary N) is 1. The fraction of sp³-hybridized carbons (Fsp3) is 0.621. The lowest BCUT2D eigenvalue weighted by atomic mass is 9.81. The lowest BCUT2D eigenvalue weighted by Crippen LogP contribution is -2.27. The van der Waals surface area contributed by atoms with Gasteiger partial charge in [0.1, 0.15) is 6.26 Å². The molecule has 6 heteroatoms. The number of rotatable bonds is 11. The molecule has 4 rings (SSSR count). The molecule has 1 aromatic heterocycles. The smallest absolute Gasteiger partial charge is 0.303 e. The van der Waals surface area contributed by atoms with Crippen molar-refractivity contribution < 1.29 is 19.1 Å². The molecule has 2 atom stereocenters. The van der Waals surface area contributed by atoms with Crippen LogP contribution in [0, 0.1) is 12.8 Å². The van der Waals surface area contributed by atoms with Crippen molar-refractivity contribution in [3.05, 3.63) is 52.7 Å². The summed E-state index contributed by atoms with van der Waals surface area (Å²) in [5, 5.41) is 12.4. The minimum Gasteiger partial charge on any atom is -0.481 e. The van der Waals surface area contributed by atoms with Crippen molar-refractivity contribution in [2.45, 2.75) is 102 Å². The molecule has 6 nitrogen and oxygen atoms in total. The highest BCUT2D eigenvalue weighted by molar-refractivity contribution is 5.96. The largest absolute Gasteiger partial charge is 0.481 e. The summed E-state index contributed by atoms with van der Waals surface area (Å²) in [6, 6.07) is 3.84. The van der Waals surface area contributed by atoms with E-state index in [1.165, 1.54) is 44.9 Å². The molecule has 0 saturated heterocycles. The van der Waals surface area contributed by atoms with E-state index in [0.29, 0.717) is 13.0 Å². The van der Waals surface area contributed by atoms with Crippen molar-refractivity contribution in [2.24, 2.45) is 5.92 Å². The van der Waals surface area contributed by atoms with E-state index in [9.17, 15) is 14.7 Å². The lowest BCUT2D eigenvalue weighted by Gasteiger charge is -2.24. The van der Waals surface area contributed by atoms with Gasteiger partial charge in [-0.05, 0) is 67.2 Å². The van der Waals surface area contributed by atoms with Gasteiger partial charge in [-0.15, -0.1) is 0 Å². The zero-order valence-electron chi connectivity index (χ0n) is 21.1. The highest BCUT2D eigenvalue weighted by Crippen LogP contribution is 2.47. The molecule has 2 aliphatic rings. The Hall–Kier alpha value is -2.63. The maximum Gasteiger partial charge on any atom is 0.303 e. The summed E-state index contributed by atoms with van der Waals surface area (Å²) in [7, 11) is 0. The number of unbranched alkanes of at least 4 members (excludes halogenated alkanes) is 1. The molecule has 0 bridgehead atoms. The molecular formula is C29H40N2O4. The van der Waals surface area contributed by atoms with Crippen LogP contribution < -0.4 is 5.32 Å². The average molecular weight is 481 g/mol. The second-order valence-corrected chi connectivity index (χ2v) is 10.5. The predicted octanol–water partition coefficient (Wildman–Crippen LogP) is 6.53. The summed E-state index contributed by atoms with van der Waals surface area (Å²) in [5.41, 5.74) is 3.81. The van der Waals surface area contributed by atoms with Crippen LogP contribution in [0.2, 0.25) is 0 Å². The minimum absolute atomic E-state index is 0.0244. The summed E-state index contributed by atoms with van der Waals surface area (Å²) >= 11 is 0. The van der Waals surface area contributed by atoms with Crippen LogP contribution in [0.5, 0.6) is 0 Å². The maximum atomic E-state index is 13.4. The number of carboxylic acid groups (broad SMARTS) is 1. The van der Waals surface area contributed by atoms with Gasteiger partial charge in [0.15, 0.2) is 5.89 Å². The normalized spacial score (nSPS) is 20.7. The molecule has 2 aliphatic carbocycles. The first-order valence-electron chi connectivity index (χ1n) is 13.6. The predicted molar refractivity (Wildman–Crippen MR) is 136 cm³/mol. The molecule has 0 radical (unpaired) electrons. The number of benzene rings is 1. The zero-order chi connectivity index (χ0) is 24.6. The summed E-state index contributed by atoms with van der Waals surface area (Å²) in [6.45, 7) is 2.73. The van der Waals surface area contributed by atoms with Crippen molar-refractivity contribution in [3.8, 4) is 0 Å². The molecule has 2 unspecified atom stereocenters. The summed E-state index contributed by atoms with van der Waals surface area (Å²) in [6.07, 6.45) is 17.2. The molecule has 35 heavy (non-hydrogen) atoms.